The van der Waals surface area contributed by atoms with Crippen molar-refractivity contribution < 1.29 is 18.3 Å². The number of nitrogens with zero attached hydrogens (tertiary/aromatic N) is 3. The molecular weight excluding hydrogens is 398 g/mol. The van der Waals surface area contributed by atoms with Crippen LogP contribution in [0.15, 0.2) is 52.6 Å². The van der Waals surface area contributed by atoms with Crippen molar-refractivity contribution in [2.75, 3.05) is 0 Å². The van der Waals surface area contributed by atoms with Gasteiger partial charge in [0, 0.05) is 29.9 Å². The average molecular weight is 418 g/mol. The topological polar surface area (TPSA) is 83.0 Å². The molecule has 1 amide bonds. The van der Waals surface area contributed by atoms with Gasteiger partial charge in [-0.2, -0.15) is 0 Å². The third-order valence-electron chi connectivity index (χ3n) is 4.08. The van der Waals surface area contributed by atoms with Crippen LogP contribution in [-0.4, -0.2) is 20.6 Å². The first-order valence-electron chi connectivity index (χ1n) is 8.88. The first-order valence-corrected chi connectivity index (χ1v) is 9.69. The van der Waals surface area contributed by atoms with Gasteiger partial charge in [0.2, 0.25) is 0 Å². The molecule has 0 atom stereocenters. The zero-order chi connectivity index (χ0) is 21.0. The van der Waals surface area contributed by atoms with Crippen LogP contribution in [0.1, 0.15) is 36.8 Å². The van der Waals surface area contributed by atoms with Crippen molar-refractivity contribution in [2.24, 2.45) is 5.73 Å². The molecule has 0 saturated carbocycles. The van der Waals surface area contributed by atoms with E-state index in [9.17, 15) is 13.6 Å². The highest BCUT2D eigenvalue weighted by Crippen LogP contribution is 2.35. The number of hydrogen-bond donors (Lipinski definition) is 1. The number of benzene rings is 1. The van der Waals surface area contributed by atoms with E-state index in [4.69, 9.17) is 10.5 Å². The largest absolute Gasteiger partial charge is 0.442 e. The van der Waals surface area contributed by atoms with Crippen molar-refractivity contribution in [3.63, 3.8) is 0 Å². The number of carbonyl (C=O) groups is 1. The fourth-order valence-electron chi connectivity index (χ4n) is 2.92. The molecule has 152 valence electrons. The fourth-order valence-corrected chi connectivity index (χ4v) is 4.08. The fraction of sp³-hybridized carbons (Fsp3) is 0.250. The molecular formula is C20H20F2N4O2S. The Hall–Kier alpha value is -2.94. The minimum Gasteiger partial charge on any atom is -0.442 e. The second kappa shape index (κ2) is 9.04. The number of halogens is 2. The van der Waals surface area contributed by atoms with Gasteiger partial charge in [0.05, 0.1) is 5.69 Å². The van der Waals surface area contributed by atoms with Crippen molar-refractivity contribution in [3.05, 3.63) is 71.4 Å². The molecule has 9 heteroatoms. The molecule has 0 unspecified atom stereocenters. The molecule has 0 fully saturated rings. The number of nitrogens with two attached hydrogens (primary N) is 1. The lowest BCUT2D eigenvalue weighted by molar-refractivity contribution is 0.146. The molecule has 2 aromatic heterocycles. The molecule has 0 bridgehead atoms. The Balaban J connectivity index is 2.04. The number of ether oxygens (including phenoxy) is 1. The summed E-state index contributed by atoms with van der Waals surface area (Å²) < 4.78 is 34.1. The van der Waals surface area contributed by atoms with E-state index in [0.717, 1.165) is 29.1 Å². The second-order valence-corrected chi connectivity index (χ2v) is 7.69. The lowest BCUT2D eigenvalue weighted by Gasteiger charge is -2.15. The Morgan fingerprint density at radius 2 is 1.86 bits per heavy atom. The Bertz CT molecular complexity index is 989. The maximum absolute atomic E-state index is 13.6. The van der Waals surface area contributed by atoms with E-state index in [1.165, 1.54) is 12.1 Å². The lowest BCUT2D eigenvalue weighted by atomic mass is 10.1. The van der Waals surface area contributed by atoms with Crippen LogP contribution >= 0.6 is 11.8 Å². The number of carbonyl (C=O) groups excluding carboxylic acids is 1. The van der Waals surface area contributed by atoms with Crippen LogP contribution in [0.2, 0.25) is 0 Å². The number of rotatable bonds is 7. The third-order valence-corrected chi connectivity index (χ3v) is 5.05. The minimum atomic E-state index is -0.907. The van der Waals surface area contributed by atoms with Gasteiger partial charge in [-0.05, 0) is 35.7 Å². The monoisotopic (exact) mass is 418 g/mol. The summed E-state index contributed by atoms with van der Waals surface area (Å²) in [6, 6.07) is 7.06. The summed E-state index contributed by atoms with van der Waals surface area (Å²) in [5, 5.41) is 0.585. The summed E-state index contributed by atoms with van der Waals surface area (Å²) in [6.45, 7) is 4.35. The number of primary amides is 1. The Morgan fingerprint density at radius 1 is 1.21 bits per heavy atom. The highest BCUT2D eigenvalue weighted by molar-refractivity contribution is 7.99. The van der Waals surface area contributed by atoms with E-state index in [-0.39, 0.29) is 12.5 Å². The molecule has 1 aromatic carbocycles. The summed E-state index contributed by atoms with van der Waals surface area (Å²) in [7, 11) is 0. The van der Waals surface area contributed by atoms with Crippen molar-refractivity contribution in [2.45, 2.75) is 42.8 Å². The van der Waals surface area contributed by atoms with E-state index >= 15 is 0 Å². The summed E-state index contributed by atoms with van der Waals surface area (Å²) in [6.07, 6.45) is 2.47. The number of hydrogen-bond acceptors (Lipinski definition) is 5. The van der Waals surface area contributed by atoms with E-state index < -0.39 is 17.7 Å². The summed E-state index contributed by atoms with van der Waals surface area (Å²) in [4.78, 5) is 20.1. The van der Waals surface area contributed by atoms with Crippen LogP contribution in [0.5, 0.6) is 0 Å². The normalized spacial score (nSPS) is 11.1. The van der Waals surface area contributed by atoms with Crippen LogP contribution in [0.4, 0.5) is 13.6 Å². The van der Waals surface area contributed by atoms with Gasteiger partial charge in [0.15, 0.2) is 6.61 Å². The van der Waals surface area contributed by atoms with E-state index in [1.54, 1.807) is 12.4 Å². The van der Waals surface area contributed by atoms with Crippen LogP contribution < -0.4 is 5.73 Å². The van der Waals surface area contributed by atoms with Gasteiger partial charge in [-0.25, -0.2) is 18.6 Å². The van der Waals surface area contributed by atoms with Crippen molar-refractivity contribution in [1.29, 1.82) is 0 Å². The zero-order valence-corrected chi connectivity index (χ0v) is 16.7. The molecule has 2 heterocycles. The van der Waals surface area contributed by atoms with Crippen LogP contribution in [-0.2, 0) is 17.9 Å². The second-order valence-electron chi connectivity index (χ2n) is 6.63. The van der Waals surface area contributed by atoms with Crippen molar-refractivity contribution in [3.8, 4) is 0 Å². The Labute approximate surface area is 171 Å². The zero-order valence-electron chi connectivity index (χ0n) is 15.9. The quantitative estimate of drug-likeness (QED) is 0.612. The third kappa shape index (κ3) is 5.32. The van der Waals surface area contributed by atoms with Crippen molar-refractivity contribution in [1.82, 2.24) is 14.5 Å². The number of amides is 1. The molecule has 0 saturated heterocycles. The molecule has 0 radical (unpaired) electrons. The number of aromatic nitrogens is 3. The van der Waals surface area contributed by atoms with Crippen LogP contribution in [0.25, 0.3) is 0 Å². The molecule has 0 aliphatic heterocycles. The maximum atomic E-state index is 13.6. The van der Waals surface area contributed by atoms with Gasteiger partial charge in [-0.15, -0.1) is 0 Å². The molecule has 29 heavy (non-hydrogen) atoms. The molecule has 3 rings (SSSR count). The first-order chi connectivity index (χ1) is 13.8. The predicted octanol–water partition coefficient (Wildman–Crippen LogP) is 4.47. The van der Waals surface area contributed by atoms with E-state index in [2.05, 4.69) is 9.97 Å². The maximum Gasteiger partial charge on any atom is 0.404 e. The molecule has 6 nitrogen and oxygen atoms in total. The molecule has 3 aromatic rings. The van der Waals surface area contributed by atoms with Gasteiger partial charge in [-0.3, -0.25) is 4.98 Å². The summed E-state index contributed by atoms with van der Waals surface area (Å²) in [5.74, 6) is -0.782. The minimum absolute atomic E-state index is 0.0487. The predicted molar refractivity (Wildman–Crippen MR) is 105 cm³/mol. The van der Waals surface area contributed by atoms with Gasteiger partial charge in [0.25, 0.3) is 0 Å². The number of pyridine rings is 1. The van der Waals surface area contributed by atoms with Gasteiger partial charge in [0.1, 0.15) is 22.5 Å². The average Bonchev–Trinajstić information content (AvgIpc) is 2.97. The van der Waals surface area contributed by atoms with Crippen molar-refractivity contribution >= 4 is 17.9 Å². The summed E-state index contributed by atoms with van der Waals surface area (Å²) >= 11 is 1.15. The smallest absolute Gasteiger partial charge is 0.404 e. The van der Waals surface area contributed by atoms with Crippen LogP contribution in [0, 0.1) is 11.6 Å². The summed E-state index contributed by atoms with van der Waals surface area (Å²) in [5.41, 5.74) is 6.95. The Morgan fingerprint density at radius 3 is 2.45 bits per heavy atom. The standard InChI is InChI=1S/C20H20F2N4O2S/c1-12(2)18-19(29-16-8-14(21)7-15(22)9-16)25-17(11-28-20(23)27)26(18)10-13-3-5-24-6-4-13/h3-9,12H,10-11H2,1-2H3,(H2,23,27). The lowest BCUT2D eigenvalue weighted by Crippen LogP contribution is -2.16. The molecule has 0 aliphatic carbocycles. The van der Waals surface area contributed by atoms with Crippen LogP contribution in [0.3, 0.4) is 0 Å². The highest BCUT2D eigenvalue weighted by atomic mass is 32.2. The van der Waals surface area contributed by atoms with Gasteiger partial charge in [-0.1, -0.05) is 25.6 Å². The first kappa shape index (κ1) is 20.8. The highest BCUT2D eigenvalue weighted by Gasteiger charge is 2.22. The van der Waals surface area contributed by atoms with E-state index in [0.29, 0.717) is 22.3 Å². The molecule has 0 aliphatic rings. The SMILES string of the molecule is CC(C)c1c(Sc2cc(F)cc(F)c2)nc(COC(N)=O)n1Cc1ccncc1. The molecule has 2 N–H and O–H groups in total. The van der Waals surface area contributed by atoms with Gasteiger partial charge >= 0.3 is 6.09 Å². The Kier molecular flexibility index (Phi) is 6.48. The number of imidazole rings is 1. The van der Waals surface area contributed by atoms with E-state index in [1.807, 2.05) is 30.5 Å². The van der Waals surface area contributed by atoms with Gasteiger partial charge < -0.3 is 15.0 Å². The molecule has 0 spiro atoms.